The third-order valence-corrected chi connectivity index (χ3v) is 3.41. The Labute approximate surface area is 103 Å². The summed E-state index contributed by atoms with van der Waals surface area (Å²) < 4.78 is 5.35. The summed E-state index contributed by atoms with van der Waals surface area (Å²) >= 11 is 1.96. The van der Waals surface area contributed by atoms with Gasteiger partial charge in [0.2, 0.25) is 0 Å². The molecule has 16 heavy (non-hydrogen) atoms. The molecule has 1 rings (SSSR count). The SMILES string of the molecule is CCSCCN[C@@H](C)c1ccccc1OC. The summed E-state index contributed by atoms with van der Waals surface area (Å²) in [5, 5.41) is 3.51. The number of para-hydroxylation sites is 1. The van der Waals surface area contributed by atoms with Gasteiger partial charge in [0.05, 0.1) is 7.11 Å². The predicted octanol–water partition coefficient (Wildman–Crippen LogP) is 3.10. The molecule has 0 fully saturated rings. The van der Waals surface area contributed by atoms with E-state index in [0.717, 1.165) is 18.0 Å². The molecular formula is C13H21NOS. The molecular weight excluding hydrogens is 218 g/mol. The van der Waals surface area contributed by atoms with E-state index >= 15 is 0 Å². The van der Waals surface area contributed by atoms with Gasteiger partial charge in [0.25, 0.3) is 0 Å². The van der Waals surface area contributed by atoms with Crippen molar-refractivity contribution in [3.8, 4) is 5.75 Å². The third kappa shape index (κ3) is 4.06. The zero-order valence-electron chi connectivity index (χ0n) is 10.3. The Balaban J connectivity index is 2.48. The highest BCUT2D eigenvalue weighted by Crippen LogP contribution is 2.24. The molecule has 0 heterocycles. The van der Waals surface area contributed by atoms with Crippen LogP contribution in [0.5, 0.6) is 5.75 Å². The van der Waals surface area contributed by atoms with Gasteiger partial charge in [0.15, 0.2) is 0 Å². The molecule has 0 aliphatic heterocycles. The van der Waals surface area contributed by atoms with Gasteiger partial charge in [0.1, 0.15) is 5.75 Å². The highest BCUT2D eigenvalue weighted by Gasteiger charge is 2.09. The molecule has 1 aromatic rings. The largest absolute Gasteiger partial charge is 0.496 e. The minimum atomic E-state index is 0.341. The maximum absolute atomic E-state index is 5.35. The number of methoxy groups -OCH3 is 1. The molecule has 0 aromatic heterocycles. The van der Waals surface area contributed by atoms with Gasteiger partial charge in [-0.1, -0.05) is 25.1 Å². The van der Waals surface area contributed by atoms with Gasteiger partial charge in [-0.3, -0.25) is 0 Å². The molecule has 0 saturated heterocycles. The molecule has 1 atom stereocenters. The van der Waals surface area contributed by atoms with Crippen molar-refractivity contribution >= 4 is 11.8 Å². The number of ether oxygens (including phenoxy) is 1. The fourth-order valence-electron chi connectivity index (χ4n) is 1.63. The molecule has 0 radical (unpaired) electrons. The van der Waals surface area contributed by atoms with E-state index in [9.17, 15) is 0 Å². The minimum absolute atomic E-state index is 0.341. The smallest absolute Gasteiger partial charge is 0.123 e. The summed E-state index contributed by atoms with van der Waals surface area (Å²) in [5.41, 5.74) is 1.23. The van der Waals surface area contributed by atoms with Crippen LogP contribution in [-0.4, -0.2) is 25.2 Å². The number of hydrogen-bond donors (Lipinski definition) is 1. The van der Waals surface area contributed by atoms with Crippen LogP contribution in [0.2, 0.25) is 0 Å². The van der Waals surface area contributed by atoms with Crippen LogP contribution in [0.3, 0.4) is 0 Å². The number of hydrogen-bond acceptors (Lipinski definition) is 3. The van der Waals surface area contributed by atoms with Crippen LogP contribution < -0.4 is 10.1 Å². The summed E-state index contributed by atoms with van der Waals surface area (Å²) in [6, 6.07) is 8.52. The van der Waals surface area contributed by atoms with Crippen LogP contribution in [0.15, 0.2) is 24.3 Å². The summed E-state index contributed by atoms with van der Waals surface area (Å²) in [5.74, 6) is 3.31. The van der Waals surface area contributed by atoms with Gasteiger partial charge in [-0.2, -0.15) is 11.8 Å². The van der Waals surface area contributed by atoms with Crippen molar-refractivity contribution in [2.24, 2.45) is 0 Å². The second kappa shape index (κ2) is 7.58. The van der Waals surface area contributed by atoms with Crippen LogP contribution in [0.1, 0.15) is 25.5 Å². The highest BCUT2D eigenvalue weighted by atomic mass is 32.2. The van der Waals surface area contributed by atoms with Crippen molar-refractivity contribution in [2.45, 2.75) is 19.9 Å². The Morgan fingerprint density at radius 2 is 2.12 bits per heavy atom. The second-order valence-electron chi connectivity index (χ2n) is 3.61. The molecule has 90 valence electrons. The maximum atomic E-state index is 5.35. The highest BCUT2D eigenvalue weighted by molar-refractivity contribution is 7.99. The Hall–Kier alpha value is -0.670. The molecule has 0 spiro atoms. The van der Waals surface area contributed by atoms with Crippen LogP contribution in [0.4, 0.5) is 0 Å². The third-order valence-electron chi connectivity index (χ3n) is 2.51. The summed E-state index contributed by atoms with van der Waals surface area (Å²) in [6.07, 6.45) is 0. The van der Waals surface area contributed by atoms with Crippen molar-refractivity contribution < 1.29 is 4.74 Å². The molecule has 0 aliphatic carbocycles. The van der Waals surface area contributed by atoms with Crippen molar-refractivity contribution in [1.29, 1.82) is 0 Å². The van der Waals surface area contributed by atoms with E-state index < -0.39 is 0 Å². The number of benzene rings is 1. The molecule has 2 nitrogen and oxygen atoms in total. The minimum Gasteiger partial charge on any atom is -0.496 e. The second-order valence-corrected chi connectivity index (χ2v) is 5.01. The first-order valence-electron chi connectivity index (χ1n) is 5.73. The average Bonchev–Trinajstić information content (AvgIpc) is 2.34. The summed E-state index contributed by atoms with van der Waals surface area (Å²) in [7, 11) is 1.72. The van der Waals surface area contributed by atoms with Crippen LogP contribution in [0.25, 0.3) is 0 Å². The maximum Gasteiger partial charge on any atom is 0.123 e. The zero-order valence-corrected chi connectivity index (χ0v) is 11.1. The molecule has 0 bridgehead atoms. The Morgan fingerprint density at radius 3 is 2.81 bits per heavy atom. The van der Waals surface area contributed by atoms with Crippen LogP contribution >= 0.6 is 11.8 Å². The summed E-state index contributed by atoms with van der Waals surface area (Å²) in [6.45, 7) is 5.40. The Bertz CT molecular complexity index is 304. The zero-order chi connectivity index (χ0) is 11.8. The average molecular weight is 239 g/mol. The lowest BCUT2D eigenvalue weighted by Crippen LogP contribution is -2.21. The lowest BCUT2D eigenvalue weighted by molar-refractivity contribution is 0.402. The predicted molar refractivity (Wildman–Crippen MR) is 72.4 cm³/mol. The van der Waals surface area contributed by atoms with Gasteiger partial charge in [-0.25, -0.2) is 0 Å². The fourth-order valence-corrected chi connectivity index (χ4v) is 2.18. The van der Waals surface area contributed by atoms with E-state index in [1.165, 1.54) is 11.3 Å². The topological polar surface area (TPSA) is 21.3 Å². The lowest BCUT2D eigenvalue weighted by Gasteiger charge is -2.16. The number of rotatable bonds is 7. The van der Waals surface area contributed by atoms with Crippen molar-refractivity contribution in [1.82, 2.24) is 5.32 Å². The van der Waals surface area contributed by atoms with Gasteiger partial charge in [0, 0.05) is 23.9 Å². The van der Waals surface area contributed by atoms with E-state index in [1.807, 2.05) is 23.9 Å². The van der Waals surface area contributed by atoms with Crippen molar-refractivity contribution in [3.05, 3.63) is 29.8 Å². The first kappa shape index (κ1) is 13.4. The molecule has 1 aromatic carbocycles. The van der Waals surface area contributed by atoms with Crippen molar-refractivity contribution in [2.75, 3.05) is 25.2 Å². The molecule has 0 aliphatic rings. The molecule has 0 amide bonds. The summed E-state index contributed by atoms with van der Waals surface area (Å²) in [4.78, 5) is 0. The van der Waals surface area contributed by atoms with Gasteiger partial charge in [-0.05, 0) is 18.7 Å². The van der Waals surface area contributed by atoms with E-state index in [2.05, 4.69) is 31.3 Å². The standard InChI is InChI=1S/C13H21NOS/c1-4-16-10-9-14-11(2)12-7-5-6-8-13(12)15-3/h5-8,11,14H,4,9-10H2,1-3H3/t11-/m0/s1. The van der Waals surface area contributed by atoms with Gasteiger partial charge < -0.3 is 10.1 Å². The molecule has 0 saturated carbocycles. The fraction of sp³-hybridized carbons (Fsp3) is 0.538. The normalized spacial score (nSPS) is 12.4. The van der Waals surface area contributed by atoms with E-state index in [4.69, 9.17) is 4.74 Å². The van der Waals surface area contributed by atoms with Crippen molar-refractivity contribution in [3.63, 3.8) is 0 Å². The monoisotopic (exact) mass is 239 g/mol. The molecule has 1 N–H and O–H groups in total. The Morgan fingerprint density at radius 1 is 1.38 bits per heavy atom. The van der Waals surface area contributed by atoms with E-state index in [0.29, 0.717) is 6.04 Å². The van der Waals surface area contributed by atoms with E-state index in [1.54, 1.807) is 7.11 Å². The van der Waals surface area contributed by atoms with Gasteiger partial charge >= 0.3 is 0 Å². The lowest BCUT2D eigenvalue weighted by atomic mass is 10.1. The van der Waals surface area contributed by atoms with E-state index in [-0.39, 0.29) is 0 Å². The quantitative estimate of drug-likeness (QED) is 0.739. The Kier molecular flexibility index (Phi) is 6.34. The first-order valence-corrected chi connectivity index (χ1v) is 6.89. The number of nitrogens with one attached hydrogen (secondary N) is 1. The van der Waals surface area contributed by atoms with Gasteiger partial charge in [-0.15, -0.1) is 0 Å². The van der Waals surface area contributed by atoms with Crippen LogP contribution in [-0.2, 0) is 0 Å². The molecule has 3 heteroatoms. The van der Waals surface area contributed by atoms with Crippen LogP contribution in [0, 0.1) is 0 Å². The first-order chi connectivity index (χ1) is 7.79. The number of thioether (sulfide) groups is 1. The molecule has 0 unspecified atom stereocenters.